The lowest BCUT2D eigenvalue weighted by Gasteiger charge is -2.27. The number of hydrogen-bond donors (Lipinski definition) is 0. The van der Waals surface area contributed by atoms with E-state index < -0.39 is 0 Å². The lowest BCUT2D eigenvalue weighted by Crippen LogP contribution is -2.10. The molecule has 0 N–H and O–H groups in total. The summed E-state index contributed by atoms with van der Waals surface area (Å²) >= 11 is 0. The van der Waals surface area contributed by atoms with Crippen LogP contribution in [0.25, 0.3) is 82.8 Å². The van der Waals surface area contributed by atoms with Crippen molar-refractivity contribution in [3.63, 3.8) is 0 Å². The molecule has 0 bridgehead atoms. The fourth-order valence-electron chi connectivity index (χ4n) is 8.87. The highest BCUT2D eigenvalue weighted by molar-refractivity contribution is 6.09. The van der Waals surface area contributed by atoms with Gasteiger partial charge in [-0.15, -0.1) is 0 Å². The van der Waals surface area contributed by atoms with Gasteiger partial charge < -0.3 is 9.47 Å². The van der Waals surface area contributed by atoms with Crippen molar-refractivity contribution in [3.05, 3.63) is 243 Å². The summed E-state index contributed by atoms with van der Waals surface area (Å²) in [6, 6.07) is 88.0. The van der Waals surface area contributed by atoms with Gasteiger partial charge in [0, 0.05) is 33.5 Å². The molecule has 0 amide bonds. The van der Waals surface area contributed by atoms with E-state index in [4.69, 9.17) is 0 Å². The van der Waals surface area contributed by atoms with Gasteiger partial charge in [-0.1, -0.05) is 176 Å². The van der Waals surface area contributed by atoms with Crippen LogP contribution in [0.1, 0.15) is 0 Å². The highest BCUT2D eigenvalue weighted by atomic mass is 15.1. The van der Waals surface area contributed by atoms with Gasteiger partial charge in [-0.05, 0) is 122 Å². The number of nitrogens with zero attached hydrogens (tertiary/aromatic N) is 2. The van der Waals surface area contributed by atoms with Gasteiger partial charge in [0.15, 0.2) is 0 Å². The van der Waals surface area contributed by atoms with Crippen LogP contribution in [0.3, 0.4) is 0 Å². The minimum absolute atomic E-state index is 1.08. The first-order chi connectivity index (χ1) is 29.7. The van der Waals surface area contributed by atoms with Gasteiger partial charge >= 0.3 is 0 Å². The minimum atomic E-state index is 1.08. The van der Waals surface area contributed by atoms with Gasteiger partial charge in [0.2, 0.25) is 0 Å². The van der Waals surface area contributed by atoms with Crippen molar-refractivity contribution in [2.45, 2.75) is 0 Å². The Balaban J connectivity index is 1.09. The summed E-state index contributed by atoms with van der Waals surface area (Å²) in [5, 5.41) is 4.99. The molecule has 282 valence electrons. The summed E-state index contributed by atoms with van der Waals surface area (Å²) < 4.78 is 2.40. The van der Waals surface area contributed by atoms with Gasteiger partial charge in [-0.25, -0.2) is 0 Å². The van der Waals surface area contributed by atoms with Gasteiger partial charge in [-0.3, -0.25) is 0 Å². The second-order valence-corrected chi connectivity index (χ2v) is 15.4. The van der Waals surface area contributed by atoms with Gasteiger partial charge in [0.25, 0.3) is 0 Å². The Hall–Kier alpha value is -7.94. The average molecular weight is 765 g/mol. The maximum Gasteiger partial charge on any atom is 0.0541 e. The Morgan fingerprint density at radius 2 is 0.800 bits per heavy atom. The first-order valence-electron chi connectivity index (χ1n) is 20.6. The molecule has 0 saturated carbocycles. The smallest absolute Gasteiger partial charge is 0.0541 e. The Bertz CT molecular complexity index is 3250. The van der Waals surface area contributed by atoms with Crippen LogP contribution in [0.2, 0.25) is 0 Å². The molecule has 0 fully saturated rings. The van der Waals surface area contributed by atoms with Crippen LogP contribution in [-0.2, 0) is 0 Å². The van der Waals surface area contributed by atoms with Crippen LogP contribution in [0, 0.1) is 0 Å². The second-order valence-electron chi connectivity index (χ2n) is 15.4. The molecule has 10 aromatic carbocycles. The third-order valence-corrected chi connectivity index (χ3v) is 11.8. The number of para-hydroxylation sites is 2. The monoisotopic (exact) mass is 764 g/mol. The molecule has 0 unspecified atom stereocenters. The molecule has 0 spiro atoms. The number of fused-ring (bicyclic) bond motifs is 4. The van der Waals surface area contributed by atoms with Crippen LogP contribution in [0.4, 0.5) is 17.1 Å². The molecule has 2 nitrogen and oxygen atoms in total. The zero-order chi connectivity index (χ0) is 39.8. The Morgan fingerprint density at radius 1 is 0.267 bits per heavy atom. The van der Waals surface area contributed by atoms with Crippen LogP contribution >= 0.6 is 0 Å². The maximum atomic E-state index is 2.40. The van der Waals surface area contributed by atoms with E-state index in [2.05, 4.69) is 252 Å². The molecule has 0 atom stereocenters. The standard InChI is InChI=1S/C58H40N2/c1-3-15-41(16-4-1)43-31-33-49(34-32-43)59(50-23-13-21-46(38-50)47-30-29-42-17-7-8-20-45(42)37-47)52-35-36-53(44-18-5-2-6-19-44)56(40-52)48-22-14-24-51(39-48)60-57-27-11-9-25-54(57)55-26-10-12-28-58(55)60/h1-40H. The number of aromatic nitrogens is 1. The molecule has 0 aliphatic carbocycles. The molecular formula is C58H40N2. The predicted molar refractivity (Wildman–Crippen MR) is 255 cm³/mol. The third-order valence-electron chi connectivity index (χ3n) is 11.8. The van der Waals surface area contributed by atoms with E-state index in [0.717, 1.165) is 33.9 Å². The highest BCUT2D eigenvalue weighted by Crippen LogP contribution is 2.43. The first kappa shape index (κ1) is 35.2. The molecule has 0 aliphatic rings. The summed E-state index contributed by atoms with van der Waals surface area (Å²) in [7, 11) is 0. The van der Waals surface area contributed by atoms with E-state index in [0.29, 0.717) is 0 Å². The Kier molecular flexibility index (Phi) is 8.87. The van der Waals surface area contributed by atoms with Crippen LogP contribution in [-0.4, -0.2) is 4.57 Å². The van der Waals surface area contributed by atoms with Gasteiger partial charge in [0.05, 0.1) is 11.0 Å². The summed E-state index contributed by atoms with van der Waals surface area (Å²) in [5.74, 6) is 0. The molecule has 0 saturated heterocycles. The molecule has 60 heavy (non-hydrogen) atoms. The SMILES string of the molecule is c1ccc(-c2ccc(N(c3cccc(-c4ccc5ccccc5c4)c3)c3ccc(-c4ccccc4)c(-c4cccc(-n5c6ccccc6c6ccccc65)c4)c3)cc2)cc1. The Morgan fingerprint density at radius 3 is 1.55 bits per heavy atom. The zero-order valence-electron chi connectivity index (χ0n) is 33.0. The fourth-order valence-corrected chi connectivity index (χ4v) is 8.87. The van der Waals surface area contributed by atoms with Gasteiger partial charge in [0.1, 0.15) is 0 Å². The van der Waals surface area contributed by atoms with Crippen molar-refractivity contribution >= 4 is 49.6 Å². The number of anilines is 3. The van der Waals surface area contributed by atoms with Crippen LogP contribution in [0.5, 0.6) is 0 Å². The highest BCUT2D eigenvalue weighted by Gasteiger charge is 2.19. The number of rotatable bonds is 8. The zero-order valence-corrected chi connectivity index (χ0v) is 33.0. The van der Waals surface area contributed by atoms with E-state index >= 15 is 0 Å². The summed E-state index contributed by atoms with van der Waals surface area (Å²) in [4.78, 5) is 2.40. The first-order valence-corrected chi connectivity index (χ1v) is 20.6. The molecule has 2 heteroatoms. The largest absolute Gasteiger partial charge is 0.310 e. The maximum absolute atomic E-state index is 2.40. The molecule has 1 aromatic heterocycles. The van der Waals surface area contributed by atoms with Crippen molar-refractivity contribution < 1.29 is 0 Å². The number of hydrogen-bond acceptors (Lipinski definition) is 1. The fraction of sp³-hybridized carbons (Fsp3) is 0. The lowest BCUT2D eigenvalue weighted by molar-refractivity contribution is 1.18. The van der Waals surface area contributed by atoms with Crippen molar-refractivity contribution in [3.8, 4) is 50.2 Å². The van der Waals surface area contributed by atoms with Crippen LogP contribution in [0.15, 0.2) is 243 Å². The average Bonchev–Trinajstić information content (AvgIpc) is 3.67. The van der Waals surface area contributed by atoms with E-state index in [1.807, 2.05) is 0 Å². The number of benzene rings is 10. The summed E-state index contributed by atoms with van der Waals surface area (Å²) in [6.07, 6.45) is 0. The predicted octanol–water partition coefficient (Wildman–Crippen LogP) is 16.1. The summed E-state index contributed by atoms with van der Waals surface area (Å²) in [6.45, 7) is 0. The summed E-state index contributed by atoms with van der Waals surface area (Å²) in [5.41, 5.74) is 16.2. The molecule has 0 aliphatic heterocycles. The molecule has 0 radical (unpaired) electrons. The minimum Gasteiger partial charge on any atom is -0.310 e. The van der Waals surface area contributed by atoms with Crippen molar-refractivity contribution in [1.82, 2.24) is 4.57 Å². The second kappa shape index (κ2) is 15.1. The normalized spacial score (nSPS) is 11.3. The van der Waals surface area contributed by atoms with E-state index in [1.54, 1.807) is 0 Å². The molecular weight excluding hydrogens is 725 g/mol. The Labute approximate surface area is 350 Å². The van der Waals surface area contributed by atoms with Gasteiger partial charge in [-0.2, -0.15) is 0 Å². The topological polar surface area (TPSA) is 8.17 Å². The molecule has 11 aromatic rings. The van der Waals surface area contributed by atoms with E-state index in [1.165, 1.54) is 66.0 Å². The van der Waals surface area contributed by atoms with Crippen molar-refractivity contribution in [1.29, 1.82) is 0 Å². The molecule has 11 rings (SSSR count). The van der Waals surface area contributed by atoms with Crippen molar-refractivity contribution in [2.75, 3.05) is 4.90 Å². The quantitative estimate of drug-likeness (QED) is 0.150. The van der Waals surface area contributed by atoms with E-state index in [-0.39, 0.29) is 0 Å². The van der Waals surface area contributed by atoms with Crippen LogP contribution < -0.4 is 4.90 Å². The van der Waals surface area contributed by atoms with Crippen molar-refractivity contribution in [2.24, 2.45) is 0 Å². The molecule has 1 heterocycles. The third kappa shape index (κ3) is 6.41. The van der Waals surface area contributed by atoms with E-state index in [9.17, 15) is 0 Å². The lowest BCUT2D eigenvalue weighted by atomic mass is 9.93.